The highest BCUT2D eigenvalue weighted by Crippen LogP contribution is 2.26. The van der Waals surface area contributed by atoms with E-state index >= 15 is 0 Å². The lowest BCUT2D eigenvalue weighted by Gasteiger charge is -2.09. The van der Waals surface area contributed by atoms with Gasteiger partial charge < -0.3 is 14.2 Å². The molecule has 0 fully saturated rings. The number of nitrogens with zero attached hydrogens (tertiary/aromatic N) is 1. The first kappa shape index (κ1) is 17.7. The Morgan fingerprint density at radius 1 is 1.04 bits per heavy atom. The van der Waals surface area contributed by atoms with E-state index in [9.17, 15) is 9.59 Å². The molecule has 0 atom stereocenters. The van der Waals surface area contributed by atoms with Crippen molar-refractivity contribution in [2.45, 2.75) is 0 Å². The van der Waals surface area contributed by atoms with Crippen LogP contribution in [0, 0.1) is 0 Å². The smallest absolute Gasteiger partial charge is 0.344 e. The highest BCUT2D eigenvalue weighted by Gasteiger charge is 2.12. The second kappa shape index (κ2) is 8.30. The van der Waals surface area contributed by atoms with Gasteiger partial charge in [0, 0.05) is 0 Å². The van der Waals surface area contributed by atoms with Gasteiger partial charge in [-0.15, -0.1) is 0 Å². The van der Waals surface area contributed by atoms with E-state index < -0.39 is 18.5 Å². The second-order valence-electron chi connectivity index (χ2n) is 5.14. The molecule has 0 aliphatic rings. The minimum Gasteiger partial charge on any atom is -0.493 e. The number of nitrogens with one attached hydrogen (secondary N) is 1. The number of anilines is 1. The molecule has 3 aromatic rings. The minimum absolute atomic E-state index is 0.325. The summed E-state index contributed by atoms with van der Waals surface area (Å²) in [6, 6.07) is 14.5. The number of hydrogen-bond acceptors (Lipinski definition) is 7. The van der Waals surface area contributed by atoms with Gasteiger partial charge in [0.25, 0.3) is 5.91 Å². The van der Waals surface area contributed by atoms with E-state index in [1.54, 1.807) is 24.3 Å². The molecular weight excluding hydrogens is 356 g/mol. The Morgan fingerprint density at radius 3 is 2.54 bits per heavy atom. The number of carbonyl (C=O) groups is 2. The molecule has 0 aliphatic carbocycles. The zero-order chi connectivity index (χ0) is 18.4. The zero-order valence-electron chi connectivity index (χ0n) is 13.9. The van der Waals surface area contributed by atoms with Gasteiger partial charge in [-0.2, -0.15) is 0 Å². The highest BCUT2D eigenvalue weighted by atomic mass is 32.1. The number of aromatic nitrogens is 1. The number of amides is 1. The van der Waals surface area contributed by atoms with Crippen LogP contribution in [0.2, 0.25) is 0 Å². The fraction of sp³-hybridized carbons (Fsp3) is 0.167. The van der Waals surface area contributed by atoms with Crippen molar-refractivity contribution in [1.82, 2.24) is 4.98 Å². The molecule has 3 rings (SSSR count). The monoisotopic (exact) mass is 372 g/mol. The topological polar surface area (TPSA) is 86.8 Å². The lowest BCUT2D eigenvalue weighted by molar-refractivity contribution is -0.149. The van der Waals surface area contributed by atoms with Crippen molar-refractivity contribution >= 4 is 38.6 Å². The second-order valence-corrected chi connectivity index (χ2v) is 6.17. The summed E-state index contributed by atoms with van der Waals surface area (Å²) in [6.45, 7) is -0.737. The maximum absolute atomic E-state index is 11.9. The molecule has 8 heteroatoms. The van der Waals surface area contributed by atoms with E-state index in [1.807, 2.05) is 24.3 Å². The van der Waals surface area contributed by atoms with E-state index in [0.717, 1.165) is 10.2 Å². The van der Waals surface area contributed by atoms with Crippen LogP contribution in [0.4, 0.5) is 5.13 Å². The minimum atomic E-state index is -0.657. The maximum atomic E-state index is 11.9. The Bertz CT molecular complexity index is 892. The summed E-state index contributed by atoms with van der Waals surface area (Å²) in [5, 5.41) is 3.07. The van der Waals surface area contributed by atoms with Crippen molar-refractivity contribution in [3.63, 3.8) is 0 Å². The predicted molar refractivity (Wildman–Crippen MR) is 97.7 cm³/mol. The van der Waals surface area contributed by atoms with Crippen LogP contribution in [0.1, 0.15) is 0 Å². The number of hydrogen-bond donors (Lipinski definition) is 1. The van der Waals surface area contributed by atoms with Gasteiger partial charge in [0.2, 0.25) is 0 Å². The van der Waals surface area contributed by atoms with E-state index in [2.05, 4.69) is 10.3 Å². The number of benzene rings is 2. The Hall–Kier alpha value is -3.13. The van der Waals surface area contributed by atoms with Crippen LogP contribution < -0.4 is 14.8 Å². The van der Waals surface area contributed by atoms with Gasteiger partial charge in [0.1, 0.15) is 0 Å². The summed E-state index contributed by atoms with van der Waals surface area (Å²) in [7, 11) is 1.51. The maximum Gasteiger partial charge on any atom is 0.344 e. The lowest BCUT2D eigenvalue weighted by atomic mass is 10.3. The van der Waals surface area contributed by atoms with E-state index in [1.165, 1.54) is 18.4 Å². The molecule has 0 aliphatic heterocycles. The SMILES string of the molecule is COc1ccccc1OCC(=O)OCC(=O)Nc1nc2ccccc2s1. The number of thiazole rings is 1. The van der Waals surface area contributed by atoms with Gasteiger partial charge in [0.05, 0.1) is 17.3 Å². The normalized spacial score (nSPS) is 10.3. The molecule has 0 saturated carbocycles. The number of carbonyl (C=O) groups excluding carboxylic acids is 2. The van der Waals surface area contributed by atoms with E-state index in [4.69, 9.17) is 14.2 Å². The number of ether oxygens (including phenoxy) is 3. The van der Waals surface area contributed by atoms with Gasteiger partial charge >= 0.3 is 5.97 Å². The summed E-state index contributed by atoms with van der Waals surface area (Å²) in [5.41, 5.74) is 0.801. The van der Waals surface area contributed by atoms with Crippen molar-refractivity contribution in [2.75, 3.05) is 25.6 Å². The molecule has 2 aromatic carbocycles. The third kappa shape index (κ3) is 4.48. The van der Waals surface area contributed by atoms with E-state index in [0.29, 0.717) is 16.6 Å². The molecule has 1 heterocycles. The first-order valence-electron chi connectivity index (χ1n) is 7.72. The largest absolute Gasteiger partial charge is 0.493 e. The number of methoxy groups -OCH3 is 1. The van der Waals surface area contributed by atoms with Crippen molar-refractivity contribution in [3.05, 3.63) is 48.5 Å². The number of esters is 1. The van der Waals surface area contributed by atoms with Crippen molar-refractivity contribution < 1.29 is 23.8 Å². The summed E-state index contributed by atoms with van der Waals surface area (Å²) in [6.07, 6.45) is 0. The highest BCUT2D eigenvalue weighted by molar-refractivity contribution is 7.22. The Morgan fingerprint density at radius 2 is 1.77 bits per heavy atom. The Labute approximate surface area is 153 Å². The molecule has 134 valence electrons. The molecule has 0 spiro atoms. The van der Waals surface area contributed by atoms with E-state index in [-0.39, 0.29) is 6.61 Å². The molecule has 0 unspecified atom stereocenters. The van der Waals surface area contributed by atoms with Gasteiger partial charge in [-0.1, -0.05) is 35.6 Å². The standard InChI is InChI=1S/C18H16N2O5S/c1-23-13-7-3-4-8-14(13)24-11-17(22)25-10-16(21)20-18-19-12-6-2-5-9-15(12)26-18/h2-9H,10-11H2,1H3,(H,19,20,21). The van der Waals surface area contributed by atoms with Crippen LogP contribution in [0.25, 0.3) is 10.2 Å². The van der Waals surface area contributed by atoms with Crippen LogP contribution in [-0.4, -0.2) is 37.2 Å². The summed E-state index contributed by atoms with van der Waals surface area (Å²) in [4.78, 5) is 27.9. The number of fused-ring (bicyclic) bond motifs is 1. The summed E-state index contributed by atoms with van der Waals surface area (Å²) < 4.78 is 16.3. The fourth-order valence-corrected chi connectivity index (χ4v) is 3.03. The van der Waals surface area contributed by atoms with Crippen LogP contribution in [0.5, 0.6) is 11.5 Å². The molecule has 1 amide bonds. The third-order valence-corrected chi connectivity index (χ3v) is 4.27. The van der Waals surface area contributed by atoms with Crippen molar-refractivity contribution in [3.8, 4) is 11.5 Å². The molecule has 0 radical (unpaired) electrons. The summed E-state index contributed by atoms with van der Waals surface area (Å²) in [5.74, 6) is -0.190. The van der Waals surface area contributed by atoms with Crippen LogP contribution in [0.3, 0.4) is 0 Å². The van der Waals surface area contributed by atoms with Crippen LogP contribution >= 0.6 is 11.3 Å². The molecule has 0 saturated heterocycles. The van der Waals surface area contributed by atoms with Gasteiger partial charge in [-0.25, -0.2) is 9.78 Å². The quantitative estimate of drug-likeness (QED) is 0.642. The average Bonchev–Trinajstić information content (AvgIpc) is 3.07. The fourth-order valence-electron chi connectivity index (χ4n) is 2.14. The molecule has 26 heavy (non-hydrogen) atoms. The average molecular weight is 372 g/mol. The zero-order valence-corrected chi connectivity index (χ0v) is 14.7. The molecule has 1 N–H and O–H groups in total. The Balaban J connectivity index is 1.45. The van der Waals surface area contributed by atoms with Crippen LogP contribution in [-0.2, 0) is 14.3 Å². The molecule has 7 nitrogen and oxygen atoms in total. The van der Waals surface area contributed by atoms with Gasteiger partial charge in [-0.3, -0.25) is 10.1 Å². The molecular formula is C18H16N2O5S. The molecule has 1 aromatic heterocycles. The lowest BCUT2D eigenvalue weighted by Crippen LogP contribution is -2.23. The third-order valence-electron chi connectivity index (χ3n) is 3.32. The van der Waals surface area contributed by atoms with Crippen molar-refractivity contribution in [2.24, 2.45) is 0 Å². The summed E-state index contributed by atoms with van der Waals surface area (Å²) >= 11 is 1.35. The van der Waals surface area contributed by atoms with Crippen molar-refractivity contribution in [1.29, 1.82) is 0 Å². The Kier molecular flexibility index (Phi) is 5.65. The van der Waals surface area contributed by atoms with Gasteiger partial charge in [-0.05, 0) is 24.3 Å². The first-order chi connectivity index (χ1) is 12.7. The number of rotatable bonds is 7. The predicted octanol–water partition coefficient (Wildman–Crippen LogP) is 2.87. The molecule has 0 bridgehead atoms. The number of para-hydroxylation sites is 3. The first-order valence-corrected chi connectivity index (χ1v) is 8.54. The van der Waals surface area contributed by atoms with Crippen LogP contribution in [0.15, 0.2) is 48.5 Å². The van der Waals surface area contributed by atoms with Gasteiger partial charge in [0.15, 0.2) is 29.8 Å².